The summed E-state index contributed by atoms with van der Waals surface area (Å²) in [5.74, 6) is 0.151. The standard InChI is InChI=1S/C12H18ClNOS/c1-11(2,12(3,4)14)9(15)7-8-5-6-10(13)16-8/h5-6H,7,14H2,1-4H3. The molecule has 0 aliphatic heterocycles. The van der Waals surface area contributed by atoms with Gasteiger partial charge in [0, 0.05) is 22.3 Å². The lowest BCUT2D eigenvalue weighted by atomic mass is 9.71. The van der Waals surface area contributed by atoms with Gasteiger partial charge in [0.25, 0.3) is 0 Å². The number of thiophene rings is 1. The van der Waals surface area contributed by atoms with E-state index in [-0.39, 0.29) is 5.78 Å². The molecular weight excluding hydrogens is 242 g/mol. The van der Waals surface area contributed by atoms with Crippen molar-refractivity contribution in [3.8, 4) is 0 Å². The molecule has 1 aromatic rings. The molecule has 1 heterocycles. The van der Waals surface area contributed by atoms with E-state index in [2.05, 4.69) is 0 Å². The fourth-order valence-electron chi connectivity index (χ4n) is 1.19. The van der Waals surface area contributed by atoms with E-state index in [1.165, 1.54) is 11.3 Å². The Bertz CT molecular complexity index is 390. The first-order chi connectivity index (χ1) is 7.14. The summed E-state index contributed by atoms with van der Waals surface area (Å²) < 4.78 is 0.715. The van der Waals surface area contributed by atoms with Crippen molar-refractivity contribution in [1.29, 1.82) is 0 Å². The Hall–Kier alpha value is -0.380. The van der Waals surface area contributed by atoms with Crippen LogP contribution in [0, 0.1) is 5.41 Å². The molecule has 0 fully saturated rings. The molecule has 4 heteroatoms. The summed E-state index contributed by atoms with van der Waals surface area (Å²) in [4.78, 5) is 13.2. The van der Waals surface area contributed by atoms with Crippen LogP contribution in [0.15, 0.2) is 12.1 Å². The Kier molecular flexibility index (Phi) is 3.83. The number of halogens is 1. The minimum Gasteiger partial charge on any atom is -0.325 e. The van der Waals surface area contributed by atoms with Gasteiger partial charge in [-0.1, -0.05) is 25.4 Å². The molecule has 1 aromatic heterocycles. The van der Waals surface area contributed by atoms with Crippen LogP contribution in [0.1, 0.15) is 32.6 Å². The van der Waals surface area contributed by atoms with E-state index in [0.29, 0.717) is 10.8 Å². The van der Waals surface area contributed by atoms with Crippen molar-refractivity contribution in [2.45, 2.75) is 39.7 Å². The normalized spacial score (nSPS) is 12.9. The van der Waals surface area contributed by atoms with Crippen LogP contribution in [-0.2, 0) is 11.2 Å². The second-order valence-corrected chi connectivity index (χ2v) is 6.95. The summed E-state index contributed by atoms with van der Waals surface area (Å²) in [6.45, 7) is 7.55. The number of carbonyl (C=O) groups is 1. The summed E-state index contributed by atoms with van der Waals surface area (Å²) in [5, 5.41) is 0. The Labute approximate surface area is 106 Å². The maximum atomic E-state index is 12.2. The number of hydrogen-bond acceptors (Lipinski definition) is 3. The molecule has 90 valence electrons. The minimum atomic E-state index is -0.538. The molecule has 0 amide bonds. The molecule has 0 radical (unpaired) electrons. The maximum absolute atomic E-state index is 12.2. The maximum Gasteiger partial charge on any atom is 0.145 e. The monoisotopic (exact) mass is 259 g/mol. The zero-order valence-corrected chi connectivity index (χ0v) is 11.7. The predicted molar refractivity (Wildman–Crippen MR) is 70.1 cm³/mol. The van der Waals surface area contributed by atoms with Crippen LogP contribution < -0.4 is 5.73 Å². The van der Waals surface area contributed by atoms with Crippen LogP contribution in [0.3, 0.4) is 0 Å². The highest BCUT2D eigenvalue weighted by Gasteiger charge is 2.39. The van der Waals surface area contributed by atoms with Crippen molar-refractivity contribution in [2.75, 3.05) is 0 Å². The number of nitrogens with two attached hydrogens (primary N) is 1. The van der Waals surface area contributed by atoms with Crippen LogP contribution in [0.4, 0.5) is 0 Å². The van der Waals surface area contributed by atoms with E-state index in [4.69, 9.17) is 17.3 Å². The van der Waals surface area contributed by atoms with E-state index in [1.54, 1.807) is 0 Å². The van der Waals surface area contributed by atoms with Gasteiger partial charge in [-0.25, -0.2) is 0 Å². The summed E-state index contributed by atoms with van der Waals surface area (Å²) in [7, 11) is 0. The van der Waals surface area contributed by atoms with Crippen molar-refractivity contribution >= 4 is 28.7 Å². The first-order valence-electron chi connectivity index (χ1n) is 5.21. The topological polar surface area (TPSA) is 43.1 Å². The highest BCUT2D eigenvalue weighted by molar-refractivity contribution is 7.16. The molecule has 0 saturated carbocycles. The molecule has 1 rings (SSSR count). The Morgan fingerprint density at radius 3 is 2.31 bits per heavy atom. The summed E-state index contributed by atoms with van der Waals surface area (Å²) in [5.41, 5.74) is 4.97. The van der Waals surface area contributed by atoms with Crippen LogP contribution in [0.2, 0.25) is 4.34 Å². The fourth-order valence-corrected chi connectivity index (χ4v) is 2.27. The second kappa shape index (κ2) is 4.47. The molecule has 0 bridgehead atoms. The first-order valence-corrected chi connectivity index (χ1v) is 6.40. The molecular formula is C12H18ClNOS. The quantitative estimate of drug-likeness (QED) is 0.902. The van der Waals surface area contributed by atoms with Crippen molar-refractivity contribution in [3.63, 3.8) is 0 Å². The van der Waals surface area contributed by atoms with Gasteiger partial charge in [0.15, 0.2) is 0 Å². The third kappa shape index (κ3) is 2.84. The van der Waals surface area contributed by atoms with E-state index < -0.39 is 11.0 Å². The summed E-state index contributed by atoms with van der Waals surface area (Å²) in [6, 6.07) is 3.71. The number of ketones is 1. The number of rotatable bonds is 4. The smallest absolute Gasteiger partial charge is 0.145 e. The zero-order valence-electron chi connectivity index (χ0n) is 10.1. The van der Waals surface area contributed by atoms with Gasteiger partial charge in [-0.05, 0) is 26.0 Å². The van der Waals surface area contributed by atoms with Crippen LogP contribution in [-0.4, -0.2) is 11.3 Å². The minimum absolute atomic E-state index is 0.151. The summed E-state index contributed by atoms with van der Waals surface area (Å²) >= 11 is 7.28. The van der Waals surface area contributed by atoms with Gasteiger partial charge in [-0.2, -0.15) is 0 Å². The lowest BCUT2D eigenvalue weighted by Crippen LogP contribution is -2.52. The third-order valence-electron chi connectivity index (χ3n) is 3.27. The molecule has 0 aliphatic carbocycles. The van der Waals surface area contributed by atoms with Crippen molar-refractivity contribution < 1.29 is 4.79 Å². The lowest BCUT2D eigenvalue weighted by molar-refractivity contribution is -0.129. The van der Waals surface area contributed by atoms with Gasteiger partial charge in [0.05, 0.1) is 4.34 Å². The Morgan fingerprint density at radius 2 is 1.94 bits per heavy atom. The number of Topliss-reactive ketones (excluding diaryl/α,β-unsaturated/α-hetero) is 1. The van der Waals surface area contributed by atoms with Gasteiger partial charge < -0.3 is 5.73 Å². The van der Waals surface area contributed by atoms with Crippen molar-refractivity contribution in [2.24, 2.45) is 11.1 Å². The largest absolute Gasteiger partial charge is 0.325 e. The van der Waals surface area contributed by atoms with E-state index in [0.717, 1.165) is 4.88 Å². The van der Waals surface area contributed by atoms with E-state index >= 15 is 0 Å². The second-order valence-electron chi connectivity index (χ2n) is 5.15. The lowest BCUT2D eigenvalue weighted by Gasteiger charge is -2.37. The number of carbonyl (C=O) groups excluding carboxylic acids is 1. The van der Waals surface area contributed by atoms with Crippen LogP contribution in [0.25, 0.3) is 0 Å². The first kappa shape index (κ1) is 13.7. The van der Waals surface area contributed by atoms with E-state index in [9.17, 15) is 4.79 Å². The van der Waals surface area contributed by atoms with E-state index in [1.807, 2.05) is 39.8 Å². The van der Waals surface area contributed by atoms with Gasteiger partial charge in [-0.3, -0.25) is 4.79 Å². The third-order valence-corrected chi connectivity index (χ3v) is 4.50. The molecule has 2 nitrogen and oxygen atoms in total. The molecule has 0 unspecified atom stereocenters. The van der Waals surface area contributed by atoms with Gasteiger partial charge >= 0.3 is 0 Å². The molecule has 16 heavy (non-hydrogen) atoms. The molecule has 2 N–H and O–H groups in total. The number of hydrogen-bond donors (Lipinski definition) is 1. The molecule has 0 saturated heterocycles. The fraction of sp³-hybridized carbons (Fsp3) is 0.583. The Morgan fingerprint density at radius 1 is 1.38 bits per heavy atom. The van der Waals surface area contributed by atoms with Gasteiger partial charge in [0.1, 0.15) is 5.78 Å². The molecule has 0 atom stereocenters. The molecule has 0 aromatic carbocycles. The van der Waals surface area contributed by atoms with Crippen LogP contribution >= 0.6 is 22.9 Å². The van der Waals surface area contributed by atoms with Crippen LogP contribution in [0.5, 0.6) is 0 Å². The van der Waals surface area contributed by atoms with Gasteiger partial charge in [0.2, 0.25) is 0 Å². The average Bonchev–Trinajstić information content (AvgIpc) is 2.49. The molecule has 0 spiro atoms. The highest BCUT2D eigenvalue weighted by Crippen LogP contribution is 2.32. The van der Waals surface area contributed by atoms with Crippen molar-refractivity contribution in [1.82, 2.24) is 0 Å². The summed E-state index contributed by atoms with van der Waals surface area (Å²) in [6.07, 6.45) is 0.408. The zero-order chi connectivity index (χ0) is 12.6. The van der Waals surface area contributed by atoms with Gasteiger partial charge in [-0.15, -0.1) is 11.3 Å². The average molecular weight is 260 g/mol. The predicted octanol–water partition coefficient (Wildman–Crippen LogP) is 3.28. The van der Waals surface area contributed by atoms with Crippen molar-refractivity contribution in [3.05, 3.63) is 21.3 Å². The molecule has 0 aliphatic rings. The Balaban J connectivity index is 2.80. The SMILES string of the molecule is CC(C)(N)C(C)(C)C(=O)Cc1ccc(Cl)s1. The highest BCUT2D eigenvalue weighted by atomic mass is 35.5.